The van der Waals surface area contributed by atoms with Crippen molar-refractivity contribution in [2.24, 2.45) is 5.92 Å². The van der Waals surface area contributed by atoms with Crippen LogP contribution in [-0.2, 0) is 14.4 Å². The summed E-state index contributed by atoms with van der Waals surface area (Å²) >= 11 is 0. The molecular weight excluding hydrogens is 367 g/mol. The lowest BCUT2D eigenvalue weighted by molar-refractivity contribution is -0.157. The van der Waals surface area contributed by atoms with E-state index in [0.29, 0.717) is 23.7 Å². The average Bonchev–Trinajstić information content (AvgIpc) is 3.08. The first-order valence-electron chi connectivity index (χ1n) is 9.44. The molecule has 0 radical (unpaired) electrons. The van der Waals surface area contributed by atoms with Gasteiger partial charge >= 0.3 is 0 Å². The predicted molar refractivity (Wildman–Crippen MR) is 100 cm³/mol. The molecule has 1 aromatic rings. The van der Waals surface area contributed by atoms with Crippen LogP contribution in [-0.4, -0.2) is 63.7 Å². The average molecular weight is 394 g/mol. The van der Waals surface area contributed by atoms with E-state index >= 15 is 0 Å². The maximum atomic E-state index is 14.1. The number of aromatic nitrogens is 1. The quantitative estimate of drug-likeness (QED) is 0.378. The SMILES string of the molecule is CCCC[C@H](CN(O)C=O)C(=O)N1C[C@@H](F)C[C@H]1C(=O)Nc1ccc(C)cn1. The van der Waals surface area contributed by atoms with Gasteiger partial charge in [-0.15, -0.1) is 0 Å². The Morgan fingerprint density at radius 1 is 1.50 bits per heavy atom. The summed E-state index contributed by atoms with van der Waals surface area (Å²) in [6.45, 7) is 3.44. The van der Waals surface area contributed by atoms with Crippen LogP contribution in [0.2, 0.25) is 0 Å². The molecule has 1 aliphatic heterocycles. The molecule has 0 unspecified atom stereocenters. The van der Waals surface area contributed by atoms with Gasteiger partial charge in [-0.1, -0.05) is 25.8 Å². The van der Waals surface area contributed by atoms with Gasteiger partial charge in [0.05, 0.1) is 19.0 Å². The first-order valence-corrected chi connectivity index (χ1v) is 9.44. The van der Waals surface area contributed by atoms with Crippen molar-refractivity contribution in [3.05, 3.63) is 23.9 Å². The highest BCUT2D eigenvalue weighted by atomic mass is 19.1. The third-order valence-corrected chi connectivity index (χ3v) is 4.78. The van der Waals surface area contributed by atoms with Crippen LogP contribution in [0.4, 0.5) is 10.2 Å². The molecular formula is C19H27FN4O4. The molecule has 1 fully saturated rings. The number of pyridine rings is 1. The lowest BCUT2D eigenvalue weighted by Crippen LogP contribution is -2.47. The number of aryl methyl sites for hydroxylation is 1. The van der Waals surface area contributed by atoms with Gasteiger partial charge in [0.25, 0.3) is 0 Å². The molecule has 1 aliphatic rings. The van der Waals surface area contributed by atoms with E-state index in [9.17, 15) is 24.0 Å². The number of hydroxylamine groups is 2. The van der Waals surface area contributed by atoms with Crippen LogP contribution in [0, 0.1) is 12.8 Å². The number of unbranched alkanes of at least 4 members (excludes halogenated alkanes) is 1. The second-order valence-electron chi connectivity index (χ2n) is 7.12. The number of alkyl halides is 1. The second-order valence-corrected chi connectivity index (χ2v) is 7.12. The fraction of sp³-hybridized carbons (Fsp3) is 0.579. The van der Waals surface area contributed by atoms with Crippen LogP contribution < -0.4 is 5.32 Å². The zero-order chi connectivity index (χ0) is 20.7. The molecule has 1 aromatic heterocycles. The van der Waals surface area contributed by atoms with E-state index in [1.54, 1.807) is 18.3 Å². The van der Waals surface area contributed by atoms with E-state index in [1.165, 1.54) is 4.90 Å². The van der Waals surface area contributed by atoms with E-state index in [4.69, 9.17) is 0 Å². The van der Waals surface area contributed by atoms with Gasteiger partial charge in [0, 0.05) is 12.6 Å². The van der Waals surface area contributed by atoms with Crippen LogP contribution >= 0.6 is 0 Å². The Morgan fingerprint density at radius 3 is 2.86 bits per heavy atom. The molecule has 0 aromatic carbocycles. The number of amides is 3. The maximum absolute atomic E-state index is 14.1. The van der Waals surface area contributed by atoms with Crippen molar-refractivity contribution >= 4 is 24.0 Å². The first-order chi connectivity index (χ1) is 13.3. The molecule has 9 heteroatoms. The number of nitrogens with one attached hydrogen (secondary N) is 1. The Balaban J connectivity index is 2.12. The normalized spacial score (nSPS) is 19.9. The summed E-state index contributed by atoms with van der Waals surface area (Å²) in [7, 11) is 0. The maximum Gasteiger partial charge on any atom is 0.248 e. The van der Waals surface area contributed by atoms with Crippen LogP contribution in [0.1, 0.15) is 38.2 Å². The number of carbonyl (C=O) groups is 3. The van der Waals surface area contributed by atoms with Crippen molar-refractivity contribution in [1.82, 2.24) is 14.9 Å². The van der Waals surface area contributed by atoms with Crippen LogP contribution in [0.3, 0.4) is 0 Å². The summed E-state index contributed by atoms with van der Waals surface area (Å²) < 4.78 is 14.1. The summed E-state index contributed by atoms with van der Waals surface area (Å²) in [5, 5.41) is 12.5. The topological polar surface area (TPSA) is 103 Å². The molecule has 0 bridgehead atoms. The van der Waals surface area contributed by atoms with Gasteiger partial charge in [-0.25, -0.2) is 14.4 Å². The van der Waals surface area contributed by atoms with E-state index in [2.05, 4.69) is 10.3 Å². The van der Waals surface area contributed by atoms with Crippen molar-refractivity contribution in [2.75, 3.05) is 18.4 Å². The minimum atomic E-state index is -1.31. The number of hydrogen-bond donors (Lipinski definition) is 2. The number of anilines is 1. The number of carbonyl (C=O) groups excluding carboxylic acids is 3. The fourth-order valence-corrected chi connectivity index (χ4v) is 3.27. The van der Waals surface area contributed by atoms with Gasteiger partial charge in [0.2, 0.25) is 18.2 Å². The monoisotopic (exact) mass is 394 g/mol. The number of nitrogens with zero attached hydrogens (tertiary/aromatic N) is 3. The Morgan fingerprint density at radius 2 is 2.25 bits per heavy atom. The van der Waals surface area contributed by atoms with Gasteiger partial charge in [-0.3, -0.25) is 19.6 Å². The summed E-state index contributed by atoms with van der Waals surface area (Å²) in [5.74, 6) is -1.31. The van der Waals surface area contributed by atoms with Gasteiger partial charge in [0.15, 0.2) is 0 Å². The number of halogens is 1. The molecule has 28 heavy (non-hydrogen) atoms. The van der Waals surface area contributed by atoms with Crippen LogP contribution in [0.15, 0.2) is 18.3 Å². The predicted octanol–water partition coefficient (Wildman–Crippen LogP) is 1.92. The van der Waals surface area contributed by atoms with Crippen molar-refractivity contribution < 1.29 is 24.0 Å². The third-order valence-electron chi connectivity index (χ3n) is 4.78. The smallest absolute Gasteiger partial charge is 0.248 e. The molecule has 2 N–H and O–H groups in total. The van der Waals surface area contributed by atoms with Crippen LogP contribution in [0.5, 0.6) is 0 Å². The molecule has 2 heterocycles. The fourth-order valence-electron chi connectivity index (χ4n) is 3.27. The number of hydrogen-bond acceptors (Lipinski definition) is 5. The first kappa shape index (κ1) is 21.7. The van der Waals surface area contributed by atoms with Crippen molar-refractivity contribution in [3.63, 3.8) is 0 Å². The minimum absolute atomic E-state index is 0.0968. The molecule has 3 atom stereocenters. The Hall–Kier alpha value is -2.55. The van der Waals surface area contributed by atoms with Crippen molar-refractivity contribution in [2.45, 2.75) is 51.7 Å². The zero-order valence-corrected chi connectivity index (χ0v) is 16.2. The van der Waals surface area contributed by atoms with E-state index in [0.717, 1.165) is 12.0 Å². The molecule has 154 valence electrons. The highest BCUT2D eigenvalue weighted by Crippen LogP contribution is 2.25. The lowest BCUT2D eigenvalue weighted by Gasteiger charge is -2.28. The number of likely N-dealkylation sites (tertiary alicyclic amines) is 1. The number of rotatable bonds is 9. The summed E-state index contributed by atoms with van der Waals surface area (Å²) in [4.78, 5) is 41.7. The lowest BCUT2D eigenvalue weighted by atomic mass is 9.99. The molecule has 3 amide bonds. The van der Waals surface area contributed by atoms with Gasteiger partial charge in [-0.05, 0) is 25.0 Å². The molecule has 8 nitrogen and oxygen atoms in total. The zero-order valence-electron chi connectivity index (χ0n) is 16.2. The third kappa shape index (κ3) is 5.72. The molecule has 0 aliphatic carbocycles. The summed E-state index contributed by atoms with van der Waals surface area (Å²) in [6.07, 6.45) is 2.38. The van der Waals surface area contributed by atoms with E-state index in [-0.39, 0.29) is 25.9 Å². The van der Waals surface area contributed by atoms with Crippen molar-refractivity contribution in [1.29, 1.82) is 0 Å². The molecule has 1 saturated heterocycles. The van der Waals surface area contributed by atoms with E-state index in [1.807, 2.05) is 13.8 Å². The van der Waals surface area contributed by atoms with Gasteiger partial charge in [0.1, 0.15) is 18.0 Å². The van der Waals surface area contributed by atoms with Crippen molar-refractivity contribution in [3.8, 4) is 0 Å². The molecule has 2 rings (SSSR count). The molecule has 0 saturated carbocycles. The highest BCUT2D eigenvalue weighted by Gasteiger charge is 2.42. The standard InChI is InChI=1S/C19H27FN4O4/c1-3-4-5-14(10-23(28)12-25)19(27)24-11-15(20)8-16(24)18(26)22-17-7-6-13(2)9-21-17/h6-7,9,12,14-16,28H,3-5,8,10-11H2,1-2H3,(H,21,22,26)/t14-,15+,16+/m1/s1. The minimum Gasteiger partial charge on any atom is -0.327 e. The van der Waals surface area contributed by atoms with Gasteiger partial charge < -0.3 is 10.2 Å². The second kappa shape index (κ2) is 10.1. The summed E-state index contributed by atoms with van der Waals surface area (Å²) in [5.41, 5.74) is 0.932. The Labute approximate surface area is 163 Å². The summed E-state index contributed by atoms with van der Waals surface area (Å²) in [6, 6.07) is 2.46. The Kier molecular flexibility index (Phi) is 7.86. The Bertz CT molecular complexity index is 685. The molecule has 0 spiro atoms. The largest absolute Gasteiger partial charge is 0.327 e. The van der Waals surface area contributed by atoms with E-state index < -0.39 is 29.9 Å². The highest BCUT2D eigenvalue weighted by molar-refractivity contribution is 5.97. The van der Waals surface area contributed by atoms with Crippen LogP contribution in [0.25, 0.3) is 0 Å². The van der Waals surface area contributed by atoms with Gasteiger partial charge in [-0.2, -0.15) is 0 Å².